The van der Waals surface area contributed by atoms with Crippen molar-refractivity contribution in [3.05, 3.63) is 40.9 Å². The maximum absolute atomic E-state index is 5.59. The molecule has 3 heteroatoms. The van der Waals surface area contributed by atoms with Gasteiger partial charge in [0.1, 0.15) is 5.75 Å². The zero-order chi connectivity index (χ0) is 9.97. The molecule has 2 nitrogen and oxygen atoms in total. The van der Waals surface area contributed by atoms with Crippen LogP contribution in [0.5, 0.6) is 10.9 Å². The summed E-state index contributed by atoms with van der Waals surface area (Å²) in [7, 11) is 0. The van der Waals surface area contributed by atoms with Crippen LogP contribution in [0.3, 0.4) is 0 Å². The van der Waals surface area contributed by atoms with Crippen molar-refractivity contribution in [3.8, 4) is 10.9 Å². The molecule has 14 heavy (non-hydrogen) atoms. The van der Waals surface area contributed by atoms with Gasteiger partial charge in [0.25, 0.3) is 5.19 Å². The largest absolute Gasteiger partial charge is 0.431 e. The highest BCUT2D eigenvalue weighted by molar-refractivity contribution is 7.13. The van der Waals surface area contributed by atoms with E-state index >= 15 is 0 Å². The summed E-state index contributed by atoms with van der Waals surface area (Å²) in [5.74, 6) is 0.847. The van der Waals surface area contributed by atoms with Gasteiger partial charge in [-0.2, -0.15) is 0 Å². The van der Waals surface area contributed by atoms with Gasteiger partial charge in [0.15, 0.2) is 0 Å². The lowest BCUT2D eigenvalue weighted by Crippen LogP contribution is -1.82. The molecule has 2 aromatic rings. The van der Waals surface area contributed by atoms with Crippen LogP contribution in [-0.2, 0) is 0 Å². The molecule has 2 rings (SSSR count). The van der Waals surface area contributed by atoms with Gasteiger partial charge >= 0.3 is 0 Å². The molecule has 0 aliphatic carbocycles. The molecular weight excluding hydrogens is 194 g/mol. The summed E-state index contributed by atoms with van der Waals surface area (Å²) < 4.78 is 5.59. The van der Waals surface area contributed by atoms with Gasteiger partial charge in [0.2, 0.25) is 0 Å². The Hall–Kier alpha value is -1.35. The molecular formula is C11H11NOS. The van der Waals surface area contributed by atoms with Crippen LogP contribution in [0, 0.1) is 13.8 Å². The fraction of sp³-hybridized carbons (Fsp3) is 0.182. The topological polar surface area (TPSA) is 22.1 Å². The van der Waals surface area contributed by atoms with Crippen molar-refractivity contribution in [3.63, 3.8) is 0 Å². The normalized spacial score (nSPS) is 10.1. The van der Waals surface area contributed by atoms with Crippen molar-refractivity contribution in [2.75, 3.05) is 0 Å². The standard InChI is InChI=1S/C11H11NOS/c1-8-4-3-5-10(6-8)13-11-12-7-9(2)14-11/h3-7H,1-2H3. The predicted molar refractivity (Wildman–Crippen MR) is 58.1 cm³/mol. The Labute approximate surface area is 87.2 Å². The first-order valence-electron chi connectivity index (χ1n) is 4.41. The Morgan fingerprint density at radius 3 is 2.79 bits per heavy atom. The van der Waals surface area contributed by atoms with Gasteiger partial charge in [-0.3, -0.25) is 0 Å². The van der Waals surface area contributed by atoms with Gasteiger partial charge in [0.05, 0.1) is 0 Å². The van der Waals surface area contributed by atoms with E-state index in [1.807, 2.05) is 44.3 Å². The number of benzene rings is 1. The van der Waals surface area contributed by atoms with Crippen LogP contribution in [0.1, 0.15) is 10.4 Å². The van der Waals surface area contributed by atoms with E-state index in [-0.39, 0.29) is 0 Å². The number of thiazole rings is 1. The summed E-state index contributed by atoms with van der Waals surface area (Å²) in [6, 6.07) is 7.95. The average molecular weight is 205 g/mol. The van der Waals surface area contributed by atoms with Crippen LogP contribution >= 0.6 is 11.3 Å². The van der Waals surface area contributed by atoms with Gasteiger partial charge in [-0.1, -0.05) is 23.5 Å². The van der Waals surface area contributed by atoms with Crippen LogP contribution in [0.2, 0.25) is 0 Å². The summed E-state index contributed by atoms with van der Waals surface area (Å²) in [6.45, 7) is 4.06. The third-order valence-electron chi connectivity index (χ3n) is 1.79. The van der Waals surface area contributed by atoms with Crippen LogP contribution < -0.4 is 4.74 Å². The molecule has 0 N–H and O–H groups in total. The molecule has 0 saturated carbocycles. The van der Waals surface area contributed by atoms with Crippen LogP contribution in [0.15, 0.2) is 30.5 Å². The van der Waals surface area contributed by atoms with Crippen molar-refractivity contribution >= 4 is 11.3 Å². The summed E-state index contributed by atoms with van der Waals surface area (Å²) in [6.07, 6.45) is 1.82. The van der Waals surface area contributed by atoms with Gasteiger partial charge < -0.3 is 4.74 Å². The Kier molecular flexibility index (Phi) is 2.50. The lowest BCUT2D eigenvalue weighted by molar-refractivity contribution is 0.478. The summed E-state index contributed by atoms with van der Waals surface area (Å²) in [5.41, 5.74) is 1.19. The highest BCUT2D eigenvalue weighted by Crippen LogP contribution is 2.26. The third kappa shape index (κ3) is 2.12. The number of hydrogen-bond donors (Lipinski definition) is 0. The molecule has 1 aromatic heterocycles. The molecule has 1 heterocycles. The summed E-state index contributed by atoms with van der Waals surface area (Å²) in [4.78, 5) is 5.30. The molecule has 0 amide bonds. The first-order valence-corrected chi connectivity index (χ1v) is 5.22. The van der Waals surface area contributed by atoms with E-state index in [1.54, 1.807) is 11.3 Å². The first-order chi connectivity index (χ1) is 6.74. The SMILES string of the molecule is Cc1cccc(Oc2ncc(C)s2)c1. The number of hydrogen-bond acceptors (Lipinski definition) is 3. The molecule has 0 bridgehead atoms. The zero-order valence-electron chi connectivity index (χ0n) is 8.15. The first kappa shape index (κ1) is 9.21. The molecule has 0 aliphatic rings. The average Bonchev–Trinajstić information content (AvgIpc) is 2.51. The van der Waals surface area contributed by atoms with Crippen molar-refractivity contribution in [1.29, 1.82) is 0 Å². The predicted octanol–water partition coefficient (Wildman–Crippen LogP) is 3.55. The van der Waals surface area contributed by atoms with E-state index in [4.69, 9.17) is 4.74 Å². The molecule has 0 unspecified atom stereocenters. The monoisotopic (exact) mass is 205 g/mol. The molecule has 1 aromatic carbocycles. The maximum Gasteiger partial charge on any atom is 0.278 e. The van der Waals surface area contributed by atoms with Crippen LogP contribution in [0.4, 0.5) is 0 Å². The molecule has 0 fully saturated rings. The Morgan fingerprint density at radius 1 is 1.29 bits per heavy atom. The van der Waals surface area contributed by atoms with Crippen molar-refractivity contribution in [2.45, 2.75) is 13.8 Å². The fourth-order valence-corrected chi connectivity index (χ4v) is 1.79. The Morgan fingerprint density at radius 2 is 2.14 bits per heavy atom. The van der Waals surface area contributed by atoms with Crippen molar-refractivity contribution < 1.29 is 4.74 Å². The van der Waals surface area contributed by atoms with E-state index in [0.29, 0.717) is 5.19 Å². The van der Waals surface area contributed by atoms with Crippen molar-refractivity contribution in [1.82, 2.24) is 4.98 Å². The second kappa shape index (κ2) is 3.80. The van der Waals surface area contributed by atoms with Gasteiger partial charge in [-0.05, 0) is 31.5 Å². The quantitative estimate of drug-likeness (QED) is 0.748. The van der Waals surface area contributed by atoms with E-state index in [9.17, 15) is 0 Å². The third-order valence-corrected chi connectivity index (χ3v) is 2.59. The molecule has 0 atom stereocenters. The number of aryl methyl sites for hydroxylation is 2. The zero-order valence-corrected chi connectivity index (χ0v) is 8.97. The highest BCUT2D eigenvalue weighted by Gasteiger charge is 2.00. The van der Waals surface area contributed by atoms with E-state index < -0.39 is 0 Å². The Bertz CT molecular complexity index is 436. The van der Waals surface area contributed by atoms with Gasteiger partial charge in [-0.15, -0.1) is 0 Å². The minimum Gasteiger partial charge on any atom is -0.431 e. The smallest absolute Gasteiger partial charge is 0.278 e. The number of ether oxygens (including phenoxy) is 1. The van der Waals surface area contributed by atoms with Crippen LogP contribution in [0.25, 0.3) is 0 Å². The molecule has 0 radical (unpaired) electrons. The second-order valence-corrected chi connectivity index (χ2v) is 4.35. The summed E-state index contributed by atoms with van der Waals surface area (Å²) in [5, 5.41) is 0.702. The lowest BCUT2D eigenvalue weighted by Gasteiger charge is -2.01. The second-order valence-electron chi connectivity index (χ2n) is 3.16. The van der Waals surface area contributed by atoms with Gasteiger partial charge in [0, 0.05) is 11.1 Å². The molecule has 0 saturated heterocycles. The highest BCUT2D eigenvalue weighted by atomic mass is 32.1. The minimum absolute atomic E-state index is 0.702. The van der Waals surface area contributed by atoms with Gasteiger partial charge in [-0.25, -0.2) is 4.98 Å². The van der Waals surface area contributed by atoms with E-state index in [0.717, 1.165) is 10.6 Å². The maximum atomic E-state index is 5.59. The number of rotatable bonds is 2. The van der Waals surface area contributed by atoms with E-state index in [1.165, 1.54) is 5.56 Å². The molecule has 0 spiro atoms. The molecule has 72 valence electrons. The minimum atomic E-state index is 0.702. The molecule has 0 aliphatic heterocycles. The van der Waals surface area contributed by atoms with E-state index in [2.05, 4.69) is 4.98 Å². The number of nitrogens with zero attached hydrogens (tertiary/aromatic N) is 1. The van der Waals surface area contributed by atoms with Crippen molar-refractivity contribution in [2.24, 2.45) is 0 Å². The Balaban J connectivity index is 2.18. The summed E-state index contributed by atoms with van der Waals surface area (Å²) >= 11 is 1.56. The lowest BCUT2D eigenvalue weighted by atomic mass is 10.2. The number of aromatic nitrogens is 1. The fourth-order valence-electron chi connectivity index (χ4n) is 1.16. The van der Waals surface area contributed by atoms with Crippen LogP contribution in [-0.4, -0.2) is 4.98 Å².